The van der Waals surface area contributed by atoms with Gasteiger partial charge in [0.25, 0.3) is 0 Å². The maximum Gasteiger partial charge on any atom is 0.139 e. The molecule has 2 rings (SSSR count). The van der Waals surface area contributed by atoms with Gasteiger partial charge in [-0.15, -0.1) is 0 Å². The Hall–Kier alpha value is -2.20. The van der Waals surface area contributed by atoms with Crippen LogP contribution in [0.2, 0.25) is 0 Å². The molecule has 0 aromatic heterocycles. The molecule has 0 aliphatic heterocycles. The first-order chi connectivity index (χ1) is 9.22. The number of nitrogens with one attached hydrogen (secondary N) is 1. The van der Waals surface area contributed by atoms with E-state index in [2.05, 4.69) is 5.32 Å². The van der Waals surface area contributed by atoms with Crippen LogP contribution in [0.5, 0.6) is 11.5 Å². The number of phenols is 1. The fraction of sp³-hybridized carbons (Fsp3) is 0.200. The highest BCUT2D eigenvalue weighted by Gasteiger charge is 2.02. The normalized spacial score (nSPS) is 10.2. The molecular formula is C15H17NO3. The summed E-state index contributed by atoms with van der Waals surface area (Å²) in [5.74, 6) is 0.957. The summed E-state index contributed by atoms with van der Waals surface area (Å²) in [6.07, 6.45) is 0. The summed E-state index contributed by atoms with van der Waals surface area (Å²) < 4.78 is 5.09. The molecule has 0 aliphatic carbocycles. The Balaban J connectivity index is 2.01. The van der Waals surface area contributed by atoms with Crippen molar-refractivity contribution >= 4 is 5.69 Å². The van der Waals surface area contributed by atoms with E-state index < -0.39 is 0 Å². The minimum absolute atomic E-state index is 0.0771. The van der Waals surface area contributed by atoms with Crippen molar-refractivity contribution in [3.63, 3.8) is 0 Å². The molecule has 100 valence electrons. The van der Waals surface area contributed by atoms with Crippen molar-refractivity contribution in [2.75, 3.05) is 12.4 Å². The van der Waals surface area contributed by atoms with E-state index in [-0.39, 0.29) is 12.4 Å². The maximum atomic E-state index is 9.79. The second kappa shape index (κ2) is 6.11. The molecule has 19 heavy (non-hydrogen) atoms. The average Bonchev–Trinajstić information content (AvgIpc) is 2.46. The summed E-state index contributed by atoms with van der Waals surface area (Å²) >= 11 is 0. The fourth-order valence-corrected chi connectivity index (χ4v) is 1.77. The predicted octanol–water partition coefficient (Wildman–Crippen LogP) is 2.51. The Kier molecular flexibility index (Phi) is 4.26. The number of aliphatic hydroxyl groups excluding tert-OH is 1. The lowest BCUT2D eigenvalue weighted by Crippen LogP contribution is -2.00. The van der Waals surface area contributed by atoms with Gasteiger partial charge in [0.15, 0.2) is 0 Å². The van der Waals surface area contributed by atoms with Gasteiger partial charge in [-0.3, -0.25) is 0 Å². The number of benzene rings is 2. The van der Waals surface area contributed by atoms with Crippen molar-refractivity contribution < 1.29 is 14.9 Å². The Bertz CT molecular complexity index is 538. The van der Waals surface area contributed by atoms with E-state index in [0.717, 1.165) is 11.3 Å². The minimum Gasteiger partial charge on any atom is -0.506 e. The van der Waals surface area contributed by atoms with Gasteiger partial charge < -0.3 is 20.3 Å². The molecule has 4 heteroatoms. The Morgan fingerprint density at radius 2 is 1.74 bits per heavy atom. The Morgan fingerprint density at radius 1 is 1.05 bits per heavy atom. The van der Waals surface area contributed by atoms with Crippen LogP contribution in [0.1, 0.15) is 11.1 Å². The molecule has 0 amide bonds. The maximum absolute atomic E-state index is 9.79. The predicted molar refractivity (Wildman–Crippen MR) is 74.4 cm³/mol. The molecule has 0 saturated heterocycles. The number of hydrogen-bond donors (Lipinski definition) is 3. The lowest BCUT2D eigenvalue weighted by atomic mass is 10.1. The van der Waals surface area contributed by atoms with Crippen LogP contribution in [-0.4, -0.2) is 17.3 Å². The number of ether oxygens (including phenoxy) is 1. The summed E-state index contributed by atoms with van der Waals surface area (Å²) in [5.41, 5.74) is 2.42. The zero-order valence-corrected chi connectivity index (χ0v) is 10.8. The van der Waals surface area contributed by atoms with Gasteiger partial charge in [0.05, 0.1) is 19.4 Å². The topological polar surface area (TPSA) is 61.7 Å². The van der Waals surface area contributed by atoms with Crippen LogP contribution in [0.25, 0.3) is 0 Å². The van der Waals surface area contributed by atoms with E-state index in [1.807, 2.05) is 24.3 Å². The van der Waals surface area contributed by atoms with Crippen molar-refractivity contribution in [3.8, 4) is 11.5 Å². The van der Waals surface area contributed by atoms with Crippen LogP contribution >= 0.6 is 0 Å². The number of aliphatic hydroxyl groups is 1. The number of anilines is 1. The Morgan fingerprint density at radius 3 is 2.32 bits per heavy atom. The lowest BCUT2D eigenvalue weighted by Gasteiger charge is -2.10. The van der Waals surface area contributed by atoms with E-state index in [0.29, 0.717) is 17.8 Å². The molecule has 0 spiro atoms. The summed E-state index contributed by atoms with van der Waals surface area (Å²) in [6, 6.07) is 12.8. The third-order valence-corrected chi connectivity index (χ3v) is 2.89. The van der Waals surface area contributed by atoms with Crippen molar-refractivity contribution in [2.24, 2.45) is 0 Å². The minimum atomic E-state index is -0.0771. The first-order valence-electron chi connectivity index (χ1n) is 6.02. The van der Waals surface area contributed by atoms with Crippen LogP contribution in [0, 0.1) is 0 Å². The van der Waals surface area contributed by atoms with Gasteiger partial charge in [-0.1, -0.05) is 18.2 Å². The molecule has 0 unspecified atom stereocenters. The van der Waals surface area contributed by atoms with E-state index in [9.17, 15) is 5.11 Å². The van der Waals surface area contributed by atoms with Gasteiger partial charge in [0, 0.05) is 6.54 Å². The Labute approximate surface area is 112 Å². The highest BCUT2D eigenvalue weighted by atomic mass is 16.5. The van der Waals surface area contributed by atoms with Gasteiger partial charge in [0.2, 0.25) is 0 Å². The molecule has 4 nitrogen and oxygen atoms in total. The van der Waals surface area contributed by atoms with Gasteiger partial charge in [0.1, 0.15) is 11.5 Å². The quantitative estimate of drug-likeness (QED) is 0.722. The number of hydrogen-bond acceptors (Lipinski definition) is 4. The number of methoxy groups -OCH3 is 1. The van der Waals surface area contributed by atoms with E-state index >= 15 is 0 Å². The first-order valence-corrected chi connectivity index (χ1v) is 6.02. The van der Waals surface area contributed by atoms with Crippen LogP contribution < -0.4 is 10.1 Å². The van der Waals surface area contributed by atoms with Gasteiger partial charge in [-0.05, 0) is 35.4 Å². The zero-order valence-electron chi connectivity index (χ0n) is 10.8. The van der Waals surface area contributed by atoms with Gasteiger partial charge >= 0.3 is 0 Å². The fourth-order valence-electron chi connectivity index (χ4n) is 1.77. The van der Waals surface area contributed by atoms with Gasteiger partial charge in [-0.25, -0.2) is 0 Å². The average molecular weight is 259 g/mol. The third-order valence-electron chi connectivity index (χ3n) is 2.89. The standard InChI is InChI=1S/C15H17NO3/c1-19-13-5-2-11(3-6-13)9-16-14-7-4-12(10-17)8-15(14)18/h2-8,16-18H,9-10H2,1H3. The van der Waals surface area contributed by atoms with Crippen LogP contribution in [0.4, 0.5) is 5.69 Å². The molecule has 0 aliphatic rings. The van der Waals surface area contributed by atoms with Crippen molar-refractivity contribution in [3.05, 3.63) is 53.6 Å². The zero-order chi connectivity index (χ0) is 13.7. The smallest absolute Gasteiger partial charge is 0.139 e. The largest absolute Gasteiger partial charge is 0.506 e. The second-order valence-corrected chi connectivity index (χ2v) is 4.21. The highest BCUT2D eigenvalue weighted by Crippen LogP contribution is 2.25. The molecular weight excluding hydrogens is 242 g/mol. The van der Waals surface area contributed by atoms with Crippen molar-refractivity contribution in [1.82, 2.24) is 0 Å². The van der Waals surface area contributed by atoms with Crippen LogP contribution in [0.3, 0.4) is 0 Å². The number of phenolic OH excluding ortho intramolecular Hbond substituents is 1. The molecule has 0 radical (unpaired) electrons. The van der Waals surface area contributed by atoms with E-state index in [1.165, 1.54) is 0 Å². The second-order valence-electron chi connectivity index (χ2n) is 4.21. The van der Waals surface area contributed by atoms with Crippen LogP contribution in [-0.2, 0) is 13.2 Å². The molecule has 0 heterocycles. The molecule has 3 N–H and O–H groups in total. The van der Waals surface area contributed by atoms with Gasteiger partial charge in [-0.2, -0.15) is 0 Å². The summed E-state index contributed by atoms with van der Waals surface area (Å²) in [5, 5.41) is 21.9. The molecule has 0 bridgehead atoms. The summed E-state index contributed by atoms with van der Waals surface area (Å²) in [6.45, 7) is 0.530. The SMILES string of the molecule is COc1ccc(CNc2ccc(CO)cc2O)cc1. The molecule has 2 aromatic carbocycles. The number of rotatable bonds is 5. The highest BCUT2D eigenvalue weighted by molar-refractivity contribution is 5.57. The molecule has 0 saturated carbocycles. The first kappa shape index (κ1) is 13.2. The monoisotopic (exact) mass is 259 g/mol. The number of aromatic hydroxyl groups is 1. The summed E-state index contributed by atoms with van der Waals surface area (Å²) in [4.78, 5) is 0. The summed E-state index contributed by atoms with van der Waals surface area (Å²) in [7, 11) is 1.63. The third kappa shape index (κ3) is 3.39. The molecule has 2 aromatic rings. The molecule has 0 fully saturated rings. The molecule has 0 atom stereocenters. The lowest BCUT2D eigenvalue weighted by molar-refractivity contribution is 0.281. The van der Waals surface area contributed by atoms with Crippen molar-refractivity contribution in [1.29, 1.82) is 0 Å². The van der Waals surface area contributed by atoms with E-state index in [4.69, 9.17) is 9.84 Å². The van der Waals surface area contributed by atoms with Crippen molar-refractivity contribution in [2.45, 2.75) is 13.2 Å². The van der Waals surface area contributed by atoms with Crippen LogP contribution in [0.15, 0.2) is 42.5 Å². The van der Waals surface area contributed by atoms with E-state index in [1.54, 1.807) is 25.3 Å².